The highest BCUT2D eigenvalue weighted by atomic mass is 16.5. The Morgan fingerprint density at radius 2 is 1.30 bits per heavy atom. The molecule has 0 amide bonds. The summed E-state index contributed by atoms with van der Waals surface area (Å²) in [6.45, 7) is 4.04. The number of ether oxygens (including phenoxy) is 6. The summed E-state index contributed by atoms with van der Waals surface area (Å²) in [6, 6.07) is 9.32. The van der Waals surface area contributed by atoms with E-state index in [0.29, 0.717) is 29.5 Å². The molecule has 0 aromatic heterocycles. The van der Waals surface area contributed by atoms with E-state index in [4.69, 9.17) is 28.4 Å². The summed E-state index contributed by atoms with van der Waals surface area (Å²) in [6.07, 6.45) is -0.632. The lowest BCUT2D eigenvalue weighted by Crippen LogP contribution is -2.49. The highest BCUT2D eigenvalue weighted by Crippen LogP contribution is 2.40. The van der Waals surface area contributed by atoms with Crippen molar-refractivity contribution in [2.75, 3.05) is 79.8 Å². The molecule has 1 aliphatic heterocycles. The van der Waals surface area contributed by atoms with Crippen LogP contribution in [0.2, 0.25) is 0 Å². The van der Waals surface area contributed by atoms with Crippen molar-refractivity contribution in [1.82, 2.24) is 4.90 Å². The summed E-state index contributed by atoms with van der Waals surface area (Å²) in [7, 11) is 7.96. The number of nitrogens with zero attached hydrogens (tertiary/aromatic N) is 2. The zero-order valence-corrected chi connectivity index (χ0v) is 20.0. The summed E-state index contributed by atoms with van der Waals surface area (Å²) >= 11 is 0. The molecule has 0 aliphatic carbocycles. The van der Waals surface area contributed by atoms with Crippen LogP contribution in [0.1, 0.15) is 0 Å². The summed E-state index contributed by atoms with van der Waals surface area (Å²) in [4.78, 5) is 4.53. The third kappa shape index (κ3) is 6.27. The lowest BCUT2D eigenvalue weighted by molar-refractivity contribution is 0.0661. The smallest absolute Gasteiger partial charge is 0.203 e. The lowest BCUT2D eigenvalue weighted by atomic mass is 10.2. The second-order valence-corrected chi connectivity index (χ2v) is 7.68. The van der Waals surface area contributed by atoms with Gasteiger partial charge in [-0.25, -0.2) is 0 Å². The van der Waals surface area contributed by atoms with Crippen molar-refractivity contribution in [1.29, 1.82) is 0 Å². The van der Waals surface area contributed by atoms with Crippen LogP contribution in [0.25, 0.3) is 0 Å². The maximum atomic E-state index is 10.5. The normalized spacial score (nSPS) is 15.0. The van der Waals surface area contributed by atoms with Crippen LogP contribution in [-0.2, 0) is 0 Å². The minimum atomic E-state index is -0.632. The van der Waals surface area contributed by atoms with Crippen molar-refractivity contribution >= 4 is 5.69 Å². The second kappa shape index (κ2) is 11.7. The average molecular weight is 463 g/mol. The van der Waals surface area contributed by atoms with E-state index in [2.05, 4.69) is 9.80 Å². The zero-order valence-electron chi connectivity index (χ0n) is 20.0. The first-order chi connectivity index (χ1) is 16.0. The Labute approximate surface area is 195 Å². The number of anilines is 1. The molecular formula is C24H34N2O7. The van der Waals surface area contributed by atoms with Gasteiger partial charge < -0.3 is 38.4 Å². The molecule has 1 N–H and O–H groups in total. The first-order valence-corrected chi connectivity index (χ1v) is 10.8. The van der Waals surface area contributed by atoms with Gasteiger partial charge >= 0.3 is 0 Å². The summed E-state index contributed by atoms with van der Waals surface area (Å²) < 4.78 is 32.6. The number of hydrogen-bond donors (Lipinski definition) is 1. The van der Waals surface area contributed by atoms with Crippen LogP contribution in [0.5, 0.6) is 34.5 Å². The molecular weight excluding hydrogens is 428 g/mol. The maximum absolute atomic E-state index is 10.5. The SMILES string of the molecule is COc1cc(OC)cc(N2CCN(CC(O)COc3cc(OC)c(OC)c(OC)c3)CC2)c1. The van der Waals surface area contributed by atoms with E-state index < -0.39 is 6.10 Å². The lowest BCUT2D eigenvalue weighted by Gasteiger charge is -2.37. The molecule has 0 radical (unpaired) electrons. The Balaban J connectivity index is 1.51. The molecule has 0 saturated carbocycles. The summed E-state index contributed by atoms with van der Waals surface area (Å²) in [5.74, 6) is 3.59. The van der Waals surface area contributed by atoms with Gasteiger partial charge in [0, 0.05) is 68.7 Å². The Morgan fingerprint density at radius 3 is 1.79 bits per heavy atom. The molecule has 2 aromatic carbocycles. The molecule has 3 rings (SSSR count). The second-order valence-electron chi connectivity index (χ2n) is 7.68. The number of piperazine rings is 1. The maximum Gasteiger partial charge on any atom is 0.203 e. The third-order valence-electron chi connectivity index (χ3n) is 5.62. The van der Waals surface area contributed by atoms with E-state index in [-0.39, 0.29) is 6.61 Å². The van der Waals surface area contributed by atoms with E-state index in [1.165, 1.54) is 0 Å². The number of β-amino-alcohol motifs (C(OH)–C–C–N with tert-alkyl or cyclic N) is 1. The number of aliphatic hydroxyl groups is 1. The van der Waals surface area contributed by atoms with E-state index in [1.54, 1.807) is 47.7 Å². The van der Waals surface area contributed by atoms with Gasteiger partial charge in [-0.3, -0.25) is 4.90 Å². The van der Waals surface area contributed by atoms with Gasteiger partial charge in [0.2, 0.25) is 5.75 Å². The van der Waals surface area contributed by atoms with Gasteiger partial charge in [0.25, 0.3) is 0 Å². The van der Waals surface area contributed by atoms with Crippen LogP contribution in [0.15, 0.2) is 30.3 Å². The number of hydrogen-bond acceptors (Lipinski definition) is 9. The van der Waals surface area contributed by atoms with E-state index in [1.807, 2.05) is 18.2 Å². The number of rotatable bonds is 11. The van der Waals surface area contributed by atoms with Crippen LogP contribution < -0.4 is 33.3 Å². The fourth-order valence-electron chi connectivity index (χ4n) is 3.85. The standard InChI is InChI=1S/C24H34N2O7/c1-28-19-10-17(11-20(12-19)29-2)26-8-6-25(7-9-26)15-18(27)16-33-21-13-22(30-3)24(32-5)23(14-21)31-4/h10-14,18,27H,6-9,15-16H2,1-5H3. The van der Waals surface area contributed by atoms with Crippen molar-refractivity contribution in [3.05, 3.63) is 30.3 Å². The van der Waals surface area contributed by atoms with Crippen LogP contribution >= 0.6 is 0 Å². The molecule has 1 unspecified atom stereocenters. The summed E-state index contributed by atoms with van der Waals surface area (Å²) in [5.41, 5.74) is 1.07. The zero-order chi connectivity index (χ0) is 23.8. The molecule has 1 fully saturated rings. The Kier molecular flexibility index (Phi) is 8.73. The molecule has 33 heavy (non-hydrogen) atoms. The molecule has 1 atom stereocenters. The topological polar surface area (TPSA) is 82.1 Å². The minimum Gasteiger partial charge on any atom is -0.497 e. The Morgan fingerprint density at radius 1 is 0.727 bits per heavy atom. The Bertz CT molecular complexity index is 853. The first-order valence-electron chi connectivity index (χ1n) is 10.8. The molecule has 9 heteroatoms. The number of aliphatic hydroxyl groups excluding tert-OH is 1. The molecule has 1 aliphatic rings. The number of methoxy groups -OCH3 is 5. The highest BCUT2D eigenvalue weighted by molar-refractivity contribution is 5.56. The Hall–Kier alpha value is -3.04. The van der Waals surface area contributed by atoms with Crippen LogP contribution in [0.3, 0.4) is 0 Å². The van der Waals surface area contributed by atoms with E-state index in [0.717, 1.165) is 43.4 Å². The molecule has 2 aromatic rings. The van der Waals surface area contributed by atoms with Gasteiger partial charge in [-0.2, -0.15) is 0 Å². The van der Waals surface area contributed by atoms with Crippen molar-refractivity contribution in [2.24, 2.45) is 0 Å². The molecule has 1 saturated heterocycles. The van der Waals surface area contributed by atoms with Crippen LogP contribution in [0.4, 0.5) is 5.69 Å². The van der Waals surface area contributed by atoms with Gasteiger partial charge in [0.1, 0.15) is 30.0 Å². The fraction of sp³-hybridized carbons (Fsp3) is 0.500. The molecule has 182 valence electrons. The molecule has 0 spiro atoms. The predicted octanol–water partition coefficient (Wildman–Crippen LogP) is 2.29. The first kappa shape index (κ1) is 24.6. The van der Waals surface area contributed by atoms with Gasteiger partial charge in [-0.05, 0) is 0 Å². The highest BCUT2D eigenvalue weighted by Gasteiger charge is 2.21. The van der Waals surface area contributed by atoms with Crippen molar-refractivity contribution in [3.63, 3.8) is 0 Å². The molecule has 9 nitrogen and oxygen atoms in total. The largest absolute Gasteiger partial charge is 0.497 e. The summed E-state index contributed by atoms with van der Waals surface area (Å²) in [5, 5.41) is 10.5. The average Bonchev–Trinajstić information content (AvgIpc) is 2.86. The van der Waals surface area contributed by atoms with Crippen LogP contribution in [0, 0.1) is 0 Å². The van der Waals surface area contributed by atoms with E-state index in [9.17, 15) is 5.11 Å². The van der Waals surface area contributed by atoms with Crippen molar-refractivity contribution in [3.8, 4) is 34.5 Å². The van der Waals surface area contributed by atoms with Crippen molar-refractivity contribution < 1.29 is 33.5 Å². The number of benzene rings is 2. The van der Waals surface area contributed by atoms with Gasteiger partial charge in [0.15, 0.2) is 11.5 Å². The van der Waals surface area contributed by atoms with Gasteiger partial charge in [0.05, 0.1) is 35.5 Å². The molecule has 0 bridgehead atoms. The van der Waals surface area contributed by atoms with Gasteiger partial charge in [-0.15, -0.1) is 0 Å². The fourth-order valence-corrected chi connectivity index (χ4v) is 3.85. The monoisotopic (exact) mass is 462 g/mol. The minimum absolute atomic E-state index is 0.159. The predicted molar refractivity (Wildman–Crippen MR) is 126 cm³/mol. The van der Waals surface area contributed by atoms with Gasteiger partial charge in [-0.1, -0.05) is 0 Å². The quantitative estimate of drug-likeness (QED) is 0.541. The van der Waals surface area contributed by atoms with Crippen LogP contribution in [-0.4, -0.2) is 91.0 Å². The van der Waals surface area contributed by atoms with Crippen molar-refractivity contribution in [2.45, 2.75) is 6.10 Å². The third-order valence-corrected chi connectivity index (χ3v) is 5.62. The van der Waals surface area contributed by atoms with E-state index >= 15 is 0 Å². The molecule has 1 heterocycles.